The summed E-state index contributed by atoms with van der Waals surface area (Å²) in [5.74, 6) is -1.68. The molecule has 0 aliphatic carbocycles. The SMILES string of the molecule is CN(C)c1ccccc1C(F)=C(F)c1ccccc1. The average Bonchev–Trinajstić information content (AvgIpc) is 2.46. The molecule has 1 nitrogen and oxygen atoms in total. The molecular weight excluding hydrogens is 244 g/mol. The quantitative estimate of drug-likeness (QED) is 0.733. The lowest BCUT2D eigenvalue weighted by Crippen LogP contribution is -2.10. The highest BCUT2D eigenvalue weighted by Crippen LogP contribution is 2.33. The molecule has 0 aliphatic rings. The van der Waals surface area contributed by atoms with Gasteiger partial charge >= 0.3 is 0 Å². The third-order valence-electron chi connectivity index (χ3n) is 2.84. The third-order valence-corrected chi connectivity index (χ3v) is 2.84. The summed E-state index contributed by atoms with van der Waals surface area (Å²) in [5, 5.41) is 0. The number of halogens is 2. The summed E-state index contributed by atoms with van der Waals surface area (Å²) in [6, 6.07) is 15.1. The van der Waals surface area contributed by atoms with Gasteiger partial charge in [-0.1, -0.05) is 42.5 Å². The van der Waals surface area contributed by atoms with E-state index in [1.807, 2.05) is 0 Å². The smallest absolute Gasteiger partial charge is 0.168 e. The van der Waals surface area contributed by atoms with E-state index in [4.69, 9.17) is 0 Å². The average molecular weight is 259 g/mol. The zero-order valence-corrected chi connectivity index (χ0v) is 10.9. The first-order valence-electron chi connectivity index (χ1n) is 5.98. The van der Waals surface area contributed by atoms with Crippen LogP contribution in [0.5, 0.6) is 0 Å². The highest BCUT2D eigenvalue weighted by Gasteiger charge is 2.15. The van der Waals surface area contributed by atoms with Crippen molar-refractivity contribution in [2.75, 3.05) is 19.0 Å². The fraction of sp³-hybridized carbons (Fsp3) is 0.125. The normalized spacial score (nSPS) is 12.0. The van der Waals surface area contributed by atoms with Crippen LogP contribution in [-0.4, -0.2) is 14.1 Å². The van der Waals surface area contributed by atoms with Crippen LogP contribution in [0.4, 0.5) is 14.5 Å². The van der Waals surface area contributed by atoms with Gasteiger partial charge in [0.25, 0.3) is 0 Å². The second kappa shape index (κ2) is 5.65. The Bertz CT molecular complexity index is 589. The van der Waals surface area contributed by atoms with Gasteiger partial charge in [-0.15, -0.1) is 0 Å². The molecule has 2 aromatic carbocycles. The van der Waals surface area contributed by atoms with Gasteiger partial charge in [0, 0.05) is 30.9 Å². The number of anilines is 1. The summed E-state index contributed by atoms with van der Waals surface area (Å²) in [6.45, 7) is 0. The molecule has 0 saturated carbocycles. The lowest BCUT2D eigenvalue weighted by Gasteiger charge is -2.16. The summed E-state index contributed by atoms with van der Waals surface area (Å²) in [5.41, 5.74) is 1.15. The van der Waals surface area contributed by atoms with Crippen LogP contribution in [0.1, 0.15) is 11.1 Å². The van der Waals surface area contributed by atoms with E-state index in [1.165, 1.54) is 0 Å². The Morgan fingerprint density at radius 1 is 0.789 bits per heavy atom. The predicted molar refractivity (Wildman–Crippen MR) is 76.2 cm³/mol. The van der Waals surface area contributed by atoms with E-state index in [0.717, 1.165) is 0 Å². The number of rotatable bonds is 3. The molecule has 3 heteroatoms. The molecular formula is C16H15F2N. The van der Waals surface area contributed by atoms with E-state index in [0.29, 0.717) is 5.69 Å². The summed E-state index contributed by atoms with van der Waals surface area (Å²) < 4.78 is 28.5. The van der Waals surface area contributed by atoms with Crippen molar-refractivity contribution in [3.05, 3.63) is 65.7 Å². The molecule has 19 heavy (non-hydrogen) atoms. The maximum absolute atomic E-state index is 14.3. The van der Waals surface area contributed by atoms with Gasteiger partial charge in [0.2, 0.25) is 0 Å². The minimum Gasteiger partial charge on any atom is -0.377 e. The van der Waals surface area contributed by atoms with Crippen LogP contribution in [0, 0.1) is 0 Å². The van der Waals surface area contributed by atoms with Crippen LogP contribution in [-0.2, 0) is 0 Å². The summed E-state index contributed by atoms with van der Waals surface area (Å²) in [6.07, 6.45) is 0. The number of nitrogens with zero attached hydrogens (tertiary/aromatic N) is 1. The minimum absolute atomic E-state index is 0.244. The molecule has 0 fully saturated rings. The van der Waals surface area contributed by atoms with E-state index < -0.39 is 11.7 Å². The van der Waals surface area contributed by atoms with Gasteiger partial charge in [0.05, 0.1) is 0 Å². The van der Waals surface area contributed by atoms with Crippen molar-refractivity contribution in [3.63, 3.8) is 0 Å². The molecule has 0 aliphatic heterocycles. The Morgan fingerprint density at radius 2 is 1.37 bits per heavy atom. The van der Waals surface area contributed by atoms with E-state index in [9.17, 15) is 8.78 Å². The van der Waals surface area contributed by atoms with Crippen LogP contribution < -0.4 is 4.90 Å². The Morgan fingerprint density at radius 3 is 2.00 bits per heavy atom. The van der Waals surface area contributed by atoms with E-state index in [2.05, 4.69) is 0 Å². The minimum atomic E-state index is -0.838. The van der Waals surface area contributed by atoms with E-state index in [-0.39, 0.29) is 11.1 Å². The van der Waals surface area contributed by atoms with Gasteiger partial charge in [-0.2, -0.15) is 0 Å². The van der Waals surface area contributed by atoms with Crippen molar-refractivity contribution in [2.24, 2.45) is 0 Å². The topological polar surface area (TPSA) is 3.24 Å². The molecule has 0 spiro atoms. The molecule has 0 heterocycles. The lowest BCUT2D eigenvalue weighted by atomic mass is 10.1. The van der Waals surface area contributed by atoms with Crippen molar-refractivity contribution in [1.82, 2.24) is 0 Å². The van der Waals surface area contributed by atoms with Gasteiger partial charge in [-0.25, -0.2) is 8.78 Å². The molecule has 0 bridgehead atoms. The molecule has 0 unspecified atom stereocenters. The molecule has 98 valence electrons. The van der Waals surface area contributed by atoms with Gasteiger partial charge in [0.15, 0.2) is 11.7 Å². The highest BCUT2D eigenvalue weighted by molar-refractivity contribution is 5.87. The summed E-state index contributed by atoms with van der Waals surface area (Å²) >= 11 is 0. The molecule has 0 amide bonds. The van der Waals surface area contributed by atoms with Crippen LogP contribution in [0.3, 0.4) is 0 Å². The Kier molecular flexibility index (Phi) is 3.95. The Labute approximate surface area is 111 Å². The monoisotopic (exact) mass is 259 g/mol. The maximum atomic E-state index is 14.3. The molecule has 0 radical (unpaired) electrons. The Hall–Kier alpha value is -2.16. The summed E-state index contributed by atoms with van der Waals surface area (Å²) in [4.78, 5) is 1.76. The number of para-hydroxylation sites is 1. The lowest BCUT2D eigenvalue weighted by molar-refractivity contribution is 0.700. The molecule has 0 saturated heterocycles. The number of benzene rings is 2. The maximum Gasteiger partial charge on any atom is 0.168 e. The highest BCUT2D eigenvalue weighted by atomic mass is 19.2. The van der Waals surface area contributed by atoms with Crippen LogP contribution in [0.2, 0.25) is 0 Å². The molecule has 0 aromatic heterocycles. The molecule has 0 atom stereocenters. The van der Waals surface area contributed by atoms with E-state index >= 15 is 0 Å². The van der Waals surface area contributed by atoms with E-state index in [1.54, 1.807) is 73.6 Å². The molecule has 2 aromatic rings. The van der Waals surface area contributed by atoms with Crippen molar-refractivity contribution >= 4 is 17.3 Å². The van der Waals surface area contributed by atoms with Crippen LogP contribution in [0.15, 0.2) is 54.6 Å². The second-order valence-electron chi connectivity index (χ2n) is 4.41. The van der Waals surface area contributed by atoms with Crippen molar-refractivity contribution in [2.45, 2.75) is 0 Å². The summed E-state index contributed by atoms with van der Waals surface area (Å²) in [7, 11) is 3.60. The second-order valence-corrected chi connectivity index (χ2v) is 4.41. The van der Waals surface area contributed by atoms with Crippen molar-refractivity contribution in [1.29, 1.82) is 0 Å². The first-order valence-corrected chi connectivity index (χ1v) is 5.98. The predicted octanol–water partition coefficient (Wildman–Crippen LogP) is 4.52. The van der Waals surface area contributed by atoms with Gasteiger partial charge in [-0.3, -0.25) is 0 Å². The van der Waals surface area contributed by atoms with Gasteiger partial charge < -0.3 is 4.90 Å². The van der Waals surface area contributed by atoms with Crippen molar-refractivity contribution < 1.29 is 8.78 Å². The first kappa shape index (κ1) is 13.3. The van der Waals surface area contributed by atoms with Crippen molar-refractivity contribution in [3.8, 4) is 0 Å². The number of hydrogen-bond acceptors (Lipinski definition) is 1. The zero-order chi connectivity index (χ0) is 13.8. The fourth-order valence-corrected chi connectivity index (χ4v) is 1.88. The zero-order valence-electron chi connectivity index (χ0n) is 10.9. The molecule has 0 N–H and O–H groups in total. The Balaban J connectivity index is 2.53. The molecule has 2 rings (SSSR count). The van der Waals surface area contributed by atoms with Crippen LogP contribution >= 0.6 is 0 Å². The third kappa shape index (κ3) is 2.81. The fourth-order valence-electron chi connectivity index (χ4n) is 1.88. The number of hydrogen-bond donors (Lipinski definition) is 0. The first-order chi connectivity index (χ1) is 9.11. The van der Waals surface area contributed by atoms with Crippen LogP contribution in [0.25, 0.3) is 11.7 Å². The largest absolute Gasteiger partial charge is 0.377 e. The van der Waals surface area contributed by atoms with Gasteiger partial charge in [-0.05, 0) is 12.1 Å². The van der Waals surface area contributed by atoms with Gasteiger partial charge in [0.1, 0.15) is 0 Å². The standard InChI is InChI=1S/C16H15F2N/c1-19(2)14-11-7-6-10-13(14)16(18)15(17)12-8-4-3-5-9-12/h3-11H,1-2H3.